The van der Waals surface area contributed by atoms with Crippen molar-refractivity contribution in [1.29, 1.82) is 0 Å². The van der Waals surface area contributed by atoms with Crippen molar-refractivity contribution in [3.8, 4) is 0 Å². The van der Waals surface area contributed by atoms with Crippen LogP contribution in [0, 0.1) is 0 Å². The van der Waals surface area contributed by atoms with E-state index in [1.807, 2.05) is 60.7 Å². The zero-order valence-corrected chi connectivity index (χ0v) is 14.1. The first-order valence-electron chi connectivity index (χ1n) is 8.13. The minimum absolute atomic E-state index is 0.0271. The quantitative estimate of drug-likeness (QED) is 0.757. The van der Waals surface area contributed by atoms with Crippen molar-refractivity contribution in [2.24, 2.45) is 0 Å². The number of rotatable bonds is 8. The number of hydrogen-bond acceptors (Lipinski definition) is 4. The zero-order chi connectivity index (χ0) is 17.4. The van der Waals surface area contributed by atoms with Crippen LogP contribution in [0.3, 0.4) is 0 Å². The molecule has 126 valence electrons. The van der Waals surface area contributed by atoms with E-state index in [0.29, 0.717) is 6.61 Å². The molecule has 1 unspecified atom stereocenters. The minimum atomic E-state index is -0.588. The fraction of sp³-hybridized carbons (Fsp3) is 0.300. The number of benzene rings is 2. The van der Waals surface area contributed by atoms with E-state index >= 15 is 0 Å². The molecule has 2 aromatic carbocycles. The topological polar surface area (TPSA) is 55.4 Å². The molecule has 4 heteroatoms. The predicted octanol–water partition coefficient (Wildman–Crippen LogP) is 3.28. The summed E-state index contributed by atoms with van der Waals surface area (Å²) in [6.07, 6.45) is 0.0271. The van der Waals surface area contributed by atoms with E-state index in [4.69, 9.17) is 4.74 Å². The maximum absolute atomic E-state index is 12.0. The fourth-order valence-electron chi connectivity index (χ4n) is 2.58. The number of esters is 1. The van der Waals surface area contributed by atoms with Crippen LogP contribution in [-0.4, -0.2) is 24.4 Å². The lowest BCUT2D eigenvalue weighted by Gasteiger charge is -2.25. The normalized spacial score (nSPS) is 12.0. The van der Waals surface area contributed by atoms with Crippen LogP contribution in [0.25, 0.3) is 0 Å². The Hall–Kier alpha value is -2.46. The van der Waals surface area contributed by atoms with E-state index in [1.54, 1.807) is 6.92 Å². The largest absolute Gasteiger partial charge is 0.466 e. The summed E-state index contributed by atoms with van der Waals surface area (Å²) in [5.74, 6) is -0.454. The van der Waals surface area contributed by atoms with Crippen molar-refractivity contribution in [1.82, 2.24) is 5.32 Å². The molecule has 0 amide bonds. The van der Waals surface area contributed by atoms with Crippen LogP contribution < -0.4 is 5.32 Å². The van der Waals surface area contributed by atoms with Crippen molar-refractivity contribution < 1.29 is 14.3 Å². The van der Waals surface area contributed by atoms with Gasteiger partial charge in [0.1, 0.15) is 5.78 Å². The Morgan fingerprint density at radius 2 is 1.46 bits per heavy atom. The van der Waals surface area contributed by atoms with Crippen LogP contribution >= 0.6 is 0 Å². The molecule has 0 aromatic heterocycles. The lowest BCUT2D eigenvalue weighted by atomic mass is 9.96. The molecule has 2 aromatic rings. The number of ketones is 1. The third kappa shape index (κ3) is 5.03. The van der Waals surface area contributed by atoms with Crippen LogP contribution in [0.15, 0.2) is 60.7 Å². The third-order valence-corrected chi connectivity index (χ3v) is 3.80. The molecule has 1 N–H and O–H groups in total. The van der Waals surface area contributed by atoms with Gasteiger partial charge in [0.25, 0.3) is 0 Å². The molecular formula is C20H23NO3. The summed E-state index contributed by atoms with van der Waals surface area (Å²) in [6.45, 7) is 3.55. The Morgan fingerprint density at radius 1 is 0.958 bits per heavy atom. The maximum atomic E-state index is 12.0. The Labute approximate surface area is 142 Å². The zero-order valence-electron chi connectivity index (χ0n) is 14.1. The highest BCUT2D eigenvalue weighted by molar-refractivity contribution is 5.86. The summed E-state index contributed by atoms with van der Waals surface area (Å²) in [6, 6.07) is 19.0. The van der Waals surface area contributed by atoms with Gasteiger partial charge in [0, 0.05) is 0 Å². The summed E-state index contributed by atoms with van der Waals surface area (Å²) in [7, 11) is 0. The Kier molecular flexibility index (Phi) is 6.70. The predicted molar refractivity (Wildman–Crippen MR) is 93.6 cm³/mol. The first-order chi connectivity index (χ1) is 11.6. The van der Waals surface area contributed by atoms with Crippen LogP contribution in [0.2, 0.25) is 0 Å². The first-order valence-corrected chi connectivity index (χ1v) is 8.13. The molecular weight excluding hydrogens is 302 g/mol. The molecule has 0 radical (unpaired) electrons. The van der Waals surface area contributed by atoms with Gasteiger partial charge >= 0.3 is 5.97 Å². The number of nitrogens with one attached hydrogen (secondary N) is 1. The van der Waals surface area contributed by atoms with Gasteiger partial charge < -0.3 is 4.74 Å². The van der Waals surface area contributed by atoms with Crippen LogP contribution in [0.4, 0.5) is 0 Å². The molecule has 0 bridgehead atoms. The molecule has 0 aliphatic carbocycles. The molecule has 0 saturated carbocycles. The van der Waals surface area contributed by atoms with Gasteiger partial charge in [-0.1, -0.05) is 60.7 Å². The SMILES string of the molecule is CCOC(=O)CC(NC(c1ccccc1)c1ccccc1)C(C)=O. The highest BCUT2D eigenvalue weighted by atomic mass is 16.5. The van der Waals surface area contributed by atoms with Crippen molar-refractivity contribution >= 4 is 11.8 Å². The van der Waals surface area contributed by atoms with Gasteiger partial charge in [0.05, 0.1) is 25.1 Å². The monoisotopic (exact) mass is 325 g/mol. The molecule has 0 heterocycles. The van der Waals surface area contributed by atoms with Gasteiger partial charge in [0.15, 0.2) is 0 Å². The molecule has 1 atom stereocenters. The molecule has 0 aliphatic heterocycles. The third-order valence-electron chi connectivity index (χ3n) is 3.80. The summed E-state index contributed by atoms with van der Waals surface area (Å²) < 4.78 is 4.98. The molecule has 0 fully saturated rings. The summed E-state index contributed by atoms with van der Waals surface area (Å²) in [5, 5.41) is 3.33. The van der Waals surface area contributed by atoms with Gasteiger partial charge in [-0.15, -0.1) is 0 Å². The van der Waals surface area contributed by atoms with Crippen molar-refractivity contribution in [3.05, 3.63) is 71.8 Å². The van der Waals surface area contributed by atoms with Gasteiger partial charge in [-0.25, -0.2) is 0 Å². The smallest absolute Gasteiger partial charge is 0.307 e. The number of Topliss-reactive ketones (excluding diaryl/α,β-unsaturated/α-hetero) is 1. The minimum Gasteiger partial charge on any atom is -0.466 e. The molecule has 2 rings (SSSR count). The Bertz CT molecular complexity index is 616. The van der Waals surface area contributed by atoms with Crippen molar-refractivity contribution in [2.45, 2.75) is 32.4 Å². The summed E-state index contributed by atoms with van der Waals surface area (Å²) in [5.41, 5.74) is 2.08. The number of ether oxygens (including phenoxy) is 1. The summed E-state index contributed by atoms with van der Waals surface area (Å²) in [4.78, 5) is 23.8. The maximum Gasteiger partial charge on any atom is 0.307 e. The van der Waals surface area contributed by atoms with E-state index in [-0.39, 0.29) is 24.2 Å². The molecule has 0 saturated heterocycles. The molecule has 0 spiro atoms. The lowest BCUT2D eigenvalue weighted by molar-refractivity contribution is -0.145. The summed E-state index contributed by atoms with van der Waals surface area (Å²) >= 11 is 0. The Morgan fingerprint density at radius 3 is 1.88 bits per heavy atom. The average Bonchev–Trinajstić information content (AvgIpc) is 2.60. The number of carbonyl (C=O) groups is 2. The van der Waals surface area contributed by atoms with E-state index in [2.05, 4.69) is 5.32 Å². The second-order valence-corrected chi connectivity index (χ2v) is 5.59. The van der Waals surface area contributed by atoms with Crippen LogP contribution in [0.5, 0.6) is 0 Å². The van der Waals surface area contributed by atoms with Crippen molar-refractivity contribution in [2.75, 3.05) is 6.61 Å². The van der Waals surface area contributed by atoms with Gasteiger partial charge in [-0.3, -0.25) is 14.9 Å². The molecule has 4 nitrogen and oxygen atoms in total. The highest BCUT2D eigenvalue weighted by Gasteiger charge is 2.24. The van der Waals surface area contributed by atoms with Crippen LogP contribution in [0.1, 0.15) is 37.4 Å². The Balaban J connectivity index is 2.26. The van der Waals surface area contributed by atoms with Crippen molar-refractivity contribution in [3.63, 3.8) is 0 Å². The number of carbonyl (C=O) groups excluding carboxylic acids is 2. The van der Waals surface area contributed by atoms with Crippen LogP contribution in [-0.2, 0) is 14.3 Å². The standard InChI is InChI=1S/C20H23NO3/c1-3-24-19(23)14-18(15(2)22)21-20(16-10-6-4-7-11-16)17-12-8-5-9-13-17/h4-13,18,20-21H,3,14H2,1-2H3. The average molecular weight is 325 g/mol. The van der Waals surface area contributed by atoms with Gasteiger partial charge in [-0.2, -0.15) is 0 Å². The fourth-order valence-corrected chi connectivity index (χ4v) is 2.58. The second kappa shape index (κ2) is 8.99. The van der Waals surface area contributed by atoms with E-state index in [9.17, 15) is 9.59 Å². The number of hydrogen-bond donors (Lipinski definition) is 1. The lowest BCUT2D eigenvalue weighted by Crippen LogP contribution is -2.40. The molecule has 0 aliphatic rings. The first kappa shape index (κ1) is 17.9. The molecule has 24 heavy (non-hydrogen) atoms. The van der Waals surface area contributed by atoms with E-state index < -0.39 is 6.04 Å². The van der Waals surface area contributed by atoms with E-state index in [1.165, 1.54) is 6.92 Å². The van der Waals surface area contributed by atoms with Gasteiger partial charge in [-0.05, 0) is 25.0 Å². The second-order valence-electron chi connectivity index (χ2n) is 5.59. The highest BCUT2D eigenvalue weighted by Crippen LogP contribution is 2.23. The van der Waals surface area contributed by atoms with E-state index in [0.717, 1.165) is 11.1 Å². The van der Waals surface area contributed by atoms with Gasteiger partial charge in [0.2, 0.25) is 0 Å².